The molecule has 0 atom stereocenters. The van der Waals surface area contributed by atoms with E-state index in [0.717, 1.165) is 5.56 Å². The van der Waals surface area contributed by atoms with Crippen molar-refractivity contribution in [2.75, 3.05) is 0 Å². The molecule has 0 saturated carbocycles. The zero-order valence-electron chi connectivity index (χ0n) is 11.8. The molecule has 3 heteroatoms. The first-order valence-corrected chi connectivity index (χ1v) is 6.77. The highest BCUT2D eigenvalue weighted by Gasteiger charge is 2.04. The Hall–Kier alpha value is -2.68. The van der Waals surface area contributed by atoms with Crippen LogP contribution in [0.2, 0.25) is 0 Å². The van der Waals surface area contributed by atoms with Crippen LogP contribution in [0.5, 0.6) is 5.75 Å². The van der Waals surface area contributed by atoms with E-state index in [1.54, 1.807) is 30.3 Å². The summed E-state index contributed by atoms with van der Waals surface area (Å²) in [5.74, 6) is 0.0376. The van der Waals surface area contributed by atoms with Gasteiger partial charge in [0.2, 0.25) is 0 Å². The van der Waals surface area contributed by atoms with Crippen LogP contribution in [0.25, 0.3) is 6.08 Å². The third-order valence-electron chi connectivity index (χ3n) is 2.93. The quantitative estimate of drug-likeness (QED) is 0.361. The van der Waals surface area contributed by atoms with E-state index in [0.29, 0.717) is 17.7 Å². The number of benzene rings is 2. The van der Waals surface area contributed by atoms with Crippen molar-refractivity contribution in [3.63, 3.8) is 0 Å². The molecule has 0 saturated heterocycles. The maximum atomic E-state index is 11.7. The lowest BCUT2D eigenvalue weighted by Gasteiger charge is -2.02. The zero-order valence-corrected chi connectivity index (χ0v) is 11.8. The Kier molecular flexibility index (Phi) is 5.04. The van der Waals surface area contributed by atoms with E-state index in [1.165, 1.54) is 6.08 Å². The van der Waals surface area contributed by atoms with E-state index in [4.69, 9.17) is 4.74 Å². The van der Waals surface area contributed by atoms with Crippen molar-refractivity contribution in [1.82, 2.24) is 0 Å². The maximum absolute atomic E-state index is 11.7. The van der Waals surface area contributed by atoms with Crippen molar-refractivity contribution in [2.45, 2.75) is 13.3 Å². The van der Waals surface area contributed by atoms with Gasteiger partial charge in [-0.25, -0.2) is 4.79 Å². The van der Waals surface area contributed by atoms with Crippen molar-refractivity contribution >= 4 is 17.8 Å². The van der Waals surface area contributed by atoms with E-state index >= 15 is 0 Å². The molecule has 0 fully saturated rings. The van der Waals surface area contributed by atoms with Crippen molar-refractivity contribution in [3.8, 4) is 5.75 Å². The summed E-state index contributed by atoms with van der Waals surface area (Å²) in [6, 6.07) is 16.1. The second kappa shape index (κ2) is 7.20. The monoisotopic (exact) mass is 280 g/mol. The molecule has 0 unspecified atom stereocenters. The molecule has 0 aromatic heterocycles. The Bertz CT molecular complexity index is 640. The number of ether oxygens (including phenoxy) is 1. The largest absolute Gasteiger partial charge is 0.423 e. The Morgan fingerprint density at radius 2 is 1.67 bits per heavy atom. The minimum Gasteiger partial charge on any atom is -0.423 e. The van der Waals surface area contributed by atoms with Crippen LogP contribution in [-0.4, -0.2) is 11.8 Å². The molecule has 2 aromatic rings. The van der Waals surface area contributed by atoms with Gasteiger partial charge in [0.05, 0.1) is 0 Å². The number of esters is 1. The molecule has 0 aliphatic heterocycles. The van der Waals surface area contributed by atoms with Gasteiger partial charge in [-0.2, -0.15) is 0 Å². The molecule has 106 valence electrons. The number of Topliss-reactive ketones (excluding diaryl/α,β-unsaturated/α-hetero) is 1. The van der Waals surface area contributed by atoms with Crippen LogP contribution in [0.3, 0.4) is 0 Å². The van der Waals surface area contributed by atoms with Gasteiger partial charge in [0.1, 0.15) is 5.75 Å². The molecular weight excluding hydrogens is 264 g/mol. The lowest BCUT2D eigenvalue weighted by molar-refractivity contribution is -0.128. The normalized spacial score (nSPS) is 10.5. The van der Waals surface area contributed by atoms with Gasteiger partial charge in [0.25, 0.3) is 0 Å². The van der Waals surface area contributed by atoms with Crippen molar-refractivity contribution in [3.05, 3.63) is 71.8 Å². The third-order valence-corrected chi connectivity index (χ3v) is 2.93. The van der Waals surface area contributed by atoms with E-state index in [2.05, 4.69) is 0 Å². The molecule has 2 aromatic carbocycles. The van der Waals surface area contributed by atoms with Gasteiger partial charge < -0.3 is 4.74 Å². The summed E-state index contributed by atoms with van der Waals surface area (Å²) in [5.41, 5.74) is 1.55. The van der Waals surface area contributed by atoms with Crippen LogP contribution in [0.15, 0.2) is 60.7 Å². The number of rotatable bonds is 5. The van der Waals surface area contributed by atoms with Crippen LogP contribution in [0.4, 0.5) is 0 Å². The van der Waals surface area contributed by atoms with E-state index in [-0.39, 0.29) is 5.78 Å². The number of hydrogen-bond acceptors (Lipinski definition) is 3. The summed E-state index contributed by atoms with van der Waals surface area (Å²) in [6.07, 6.45) is 3.52. The summed E-state index contributed by atoms with van der Waals surface area (Å²) in [7, 11) is 0. The highest BCUT2D eigenvalue weighted by Crippen LogP contribution is 2.14. The molecule has 2 rings (SSSR count). The van der Waals surface area contributed by atoms with E-state index < -0.39 is 5.97 Å². The van der Waals surface area contributed by atoms with Crippen LogP contribution in [-0.2, 0) is 4.79 Å². The summed E-state index contributed by atoms with van der Waals surface area (Å²) in [6.45, 7) is 1.81. The fraction of sp³-hybridized carbons (Fsp3) is 0.111. The molecule has 0 aliphatic rings. The van der Waals surface area contributed by atoms with Crippen LogP contribution < -0.4 is 4.74 Å². The first-order valence-electron chi connectivity index (χ1n) is 6.77. The summed E-state index contributed by atoms with van der Waals surface area (Å²) < 4.78 is 5.17. The van der Waals surface area contributed by atoms with Gasteiger partial charge in [-0.1, -0.05) is 37.3 Å². The summed E-state index contributed by atoms with van der Waals surface area (Å²) >= 11 is 0. The van der Waals surface area contributed by atoms with Gasteiger partial charge in [-0.05, 0) is 35.9 Å². The van der Waals surface area contributed by atoms with Crippen LogP contribution >= 0.6 is 0 Å². The fourth-order valence-electron chi connectivity index (χ4n) is 1.79. The molecule has 0 heterocycles. The first kappa shape index (κ1) is 14.7. The molecule has 0 amide bonds. The van der Waals surface area contributed by atoms with Crippen molar-refractivity contribution < 1.29 is 14.3 Å². The standard InChI is InChI=1S/C18H16O3/c1-2-17(19)15-9-11-16(12-10-15)21-18(20)13-8-14-6-4-3-5-7-14/h3-13H,2H2,1H3/b13-8+. The fourth-order valence-corrected chi connectivity index (χ4v) is 1.79. The number of ketones is 1. The average molecular weight is 280 g/mol. The second-order valence-electron chi connectivity index (χ2n) is 4.47. The van der Waals surface area contributed by atoms with Crippen molar-refractivity contribution in [2.24, 2.45) is 0 Å². The Labute approximate surface area is 123 Å². The maximum Gasteiger partial charge on any atom is 0.336 e. The Morgan fingerprint density at radius 3 is 2.29 bits per heavy atom. The molecule has 21 heavy (non-hydrogen) atoms. The Morgan fingerprint density at radius 1 is 1.00 bits per heavy atom. The molecule has 0 spiro atoms. The minimum atomic E-state index is -0.451. The van der Waals surface area contributed by atoms with Crippen molar-refractivity contribution in [1.29, 1.82) is 0 Å². The SMILES string of the molecule is CCC(=O)c1ccc(OC(=O)/C=C/c2ccccc2)cc1. The average Bonchev–Trinajstić information content (AvgIpc) is 2.54. The highest BCUT2D eigenvalue weighted by atomic mass is 16.5. The third kappa shape index (κ3) is 4.42. The molecule has 0 bridgehead atoms. The smallest absolute Gasteiger partial charge is 0.336 e. The predicted octanol–water partition coefficient (Wildman–Crippen LogP) is 3.90. The lowest BCUT2D eigenvalue weighted by Crippen LogP contribution is -2.04. The number of carbonyl (C=O) groups excluding carboxylic acids is 2. The van der Waals surface area contributed by atoms with Gasteiger partial charge in [0, 0.05) is 18.1 Å². The molecular formula is C18H16O3. The molecule has 0 aliphatic carbocycles. The van der Waals surface area contributed by atoms with E-state index in [1.807, 2.05) is 37.3 Å². The van der Waals surface area contributed by atoms with Gasteiger partial charge in [-0.3, -0.25) is 4.79 Å². The van der Waals surface area contributed by atoms with Gasteiger partial charge in [0.15, 0.2) is 5.78 Å². The van der Waals surface area contributed by atoms with Crippen LogP contribution in [0, 0.1) is 0 Å². The topological polar surface area (TPSA) is 43.4 Å². The number of carbonyl (C=O) groups is 2. The van der Waals surface area contributed by atoms with Crippen LogP contribution in [0.1, 0.15) is 29.3 Å². The molecule has 3 nitrogen and oxygen atoms in total. The first-order chi connectivity index (χ1) is 10.2. The minimum absolute atomic E-state index is 0.0665. The van der Waals surface area contributed by atoms with Gasteiger partial charge in [-0.15, -0.1) is 0 Å². The Balaban J connectivity index is 1.97. The summed E-state index contributed by atoms with van der Waals surface area (Å²) in [5, 5.41) is 0. The zero-order chi connectivity index (χ0) is 15.1. The number of hydrogen-bond donors (Lipinski definition) is 0. The molecule has 0 radical (unpaired) electrons. The highest BCUT2D eigenvalue weighted by molar-refractivity contribution is 5.96. The molecule has 0 N–H and O–H groups in total. The summed E-state index contributed by atoms with van der Waals surface area (Å²) in [4.78, 5) is 23.2. The predicted molar refractivity (Wildman–Crippen MR) is 82.2 cm³/mol. The second-order valence-corrected chi connectivity index (χ2v) is 4.47. The van der Waals surface area contributed by atoms with Gasteiger partial charge >= 0.3 is 5.97 Å². The van der Waals surface area contributed by atoms with E-state index in [9.17, 15) is 9.59 Å². The lowest BCUT2D eigenvalue weighted by atomic mass is 10.1.